The maximum Gasteiger partial charge on any atom is 0.292 e. The highest BCUT2D eigenvalue weighted by atomic mass is 35.5. The predicted octanol–water partition coefficient (Wildman–Crippen LogP) is 3.41. The summed E-state index contributed by atoms with van der Waals surface area (Å²) in [5, 5.41) is 7.73. The van der Waals surface area contributed by atoms with Gasteiger partial charge >= 0.3 is 0 Å². The molecule has 0 radical (unpaired) electrons. The van der Waals surface area contributed by atoms with Crippen molar-refractivity contribution in [3.05, 3.63) is 68.4 Å². The van der Waals surface area contributed by atoms with E-state index in [4.69, 9.17) is 16.1 Å². The number of rotatable bonds is 4. The third kappa shape index (κ3) is 3.20. The molecule has 9 heteroatoms. The Morgan fingerprint density at radius 2 is 2.04 bits per heavy atom. The molecule has 0 atom stereocenters. The van der Waals surface area contributed by atoms with Crippen molar-refractivity contribution in [3.8, 4) is 5.69 Å². The summed E-state index contributed by atoms with van der Waals surface area (Å²) in [5.41, 5.74) is 1.09. The molecule has 0 aliphatic carbocycles. The van der Waals surface area contributed by atoms with Crippen molar-refractivity contribution in [2.75, 3.05) is 11.9 Å². The average Bonchev–Trinajstić information content (AvgIpc) is 2.90. The summed E-state index contributed by atoms with van der Waals surface area (Å²) in [6.07, 6.45) is 1.35. The first kappa shape index (κ1) is 18.1. The second-order valence-electron chi connectivity index (χ2n) is 5.82. The van der Waals surface area contributed by atoms with E-state index in [1.165, 1.54) is 6.20 Å². The minimum absolute atomic E-state index is 0.127. The summed E-state index contributed by atoms with van der Waals surface area (Å²) in [7, 11) is 1.73. The van der Waals surface area contributed by atoms with Crippen LogP contribution in [0.15, 0.2) is 33.7 Å². The standard InChI is InChI=1S/C17H15ClF2N4O2/c1-9-12(10(2)26-22-9)8-23(3)15-7-21-24(17(25)16(15)18)14-5-4-11(19)6-13(14)20/h4-7H,8H2,1-3H3. The maximum absolute atomic E-state index is 13.9. The van der Waals surface area contributed by atoms with E-state index < -0.39 is 17.2 Å². The van der Waals surface area contributed by atoms with E-state index in [0.717, 1.165) is 28.1 Å². The van der Waals surface area contributed by atoms with Crippen molar-refractivity contribution < 1.29 is 13.3 Å². The molecule has 0 saturated heterocycles. The van der Waals surface area contributed by atoms with Crippen LogP contribution in [-0.4, -0.2) is 22.0 Å². The Bertz CT molecular complexity index is 1010. The van der Waals surface area contributed by atoms with Gasteiger partial charge in [-0.25, -0.2) is 8.78 Å². The summed E-state index contributed by atoms with van der Waals surface area (Å²) < 4.78 is 32.9. The van der Waals surface area contributed by atoms with Crippen LogP contribution in [0.1, 0.15) is 17.0 Å². The summed E-state index contributed by atoms with van der Waals surface area (Å²) in [4.78, 5) is 14.2. The van der Waals surface area contributed by atoms with Crippen molar-refractivity contribution in [1.29, 1.82) is 0 Å². The molecule has 0 amide bonds. The molecule has 0 bridgehead atoms. The van der Waals surface area contributed by atoms with Crippen molar-refractivity contribution in [2.24, 2.45) is 0 Å². The molecule has 1 aromatic carbocycles. The summed E-state index contributed by atoms with van der Waals surface area (Å²) in [6, 6.07) is 2.84. The number of aromatic nitrogens is 3. The van der Waals surface area contributed by atoms with Crippen molar-refractivity contribution in [1.82, 2.24) is 14.9 Å². The van der Waals surface area contributed by atoms with Gasteiger partial charge in [0.1, 0.15) is 22.3 Å². The zero-order valence-electron chi connectivity index (χ0n) is 14.3. The van der Waals surface area contributed by atoms with Crippen LogP contribution < -0.4 is 10.5 Å². The molecule has 0 N–H and O–H groups in total. The van der Waals surface area contributed by atoms with Gasteiger partial charge in [-0.3, -0.25) is 4.79 Å². The van der Waals surface area contributed by atoms with Gasteiger partial charge < -0.3 is 9.42 Å². The molecule has 0 unspecified atom stereocenters. The van der Waals surface area contributed by atoms with Crippen molar-refractivity contribution in [2.45, 2.75) is 20.4 Å². The summed E-state index contributed by atoms with van der Waals surface area (Å²) in [6.45, 7) is 4.00. The number of hydrogen-bond donors (Lipinski definition) is 0. The molecule has 3 aromatic rings. The Balaban J connectivity index is 1.98. The van der Waals surface area contributed by atoms with Gasteiger partial charge in [0.25, 0.3) is 5.56 Å². The fraction of sp³-hybridized carbons (Fsp3) is 0.235. The van der Waals surface area contributed by atoms with Gasteiger partial charge in [0, 0.05) is 25.2 Å². The number of nitrogens with zero attached hydrogens (tertiary/aromatic N) is 4. The molecule has 2 aromatic heterocycles. The van der Waals surface area contributed by atoms with Crippen molar-refractivity contribution >= 4 is 17.3 Å². The lowest BCUT2D eigenvalue weighted by Gasteiger charge is -2.20. The highest BCUT2D eigenvalue weighted by Gasteiger charge is 2.18. The lowest BCUT2D eigenvalue weighted by Crippen LogP contribution is -2.27. The van der Waals surface area contributed by atoms with Crippen LogP contribution >= 0.6 is 11.6 Å². The van der Waals surface area contributed by atoms with Crippen LogP contribution in [0, 0.1) is 25.5 Å². The molecular formula is C17H15ClF2N4O2. The average molecular weight is 381 g/mol. The van der Waals surface area contributed by atoms with E-state index in [1.54, 1.807) is 18.9 Å². The number of halogens is 3. The molecule has 0 fully saturated rings. The van der Waals surface area contributed by atoms with Gasteiger partial charge in [-0.1, -0.05) is 16.8 Å². The second-order valence-corrected chi connectivity index (χ2v) is 6.19. The third-order valence-electron chi connectivity index (χ3n) is 4.03. The Hall–Kier alpha value is -2.74. The maximum atomic E-state index is 13.9. The van der Waals surface area contributed by atoms with Gasteiger partial charge in [0.2, 0.25) is 0 Å². The van der Waals surface area contributed by atoms with Gasteiger partial charge in [-0.2, -0.15) is 9.78 Å². The quantitative estimate of drug-likeness (QED) is 0.694. The monoisotopic (exact) mass is 380 g/mol. The van der Waals surface area contributed by atoms with E-state index in [0.29, 0.717) is 24.1 Å². The van der Waals surface area contributed by atoms with Crippen LogP contribution in [-0.2, 0) is 6.54 Å². The molecule has 3 rings (SSSR count). The lowest BCUT2D eigenvalue weighted by atomic mass is 10.2. The lowest BCUT2D eigenvalue weighted by molar-refractivity contribution is 0.392. The highest BCUT2D eigenvalue weighted by molar-refractivity contribution is 6.33. The molecule has 0 spiro atoms. The van der Waals surface area contributed by atoms with Crippen LogP contribution in [0.25, 0.3) is 5.69 Å². The Kier molecular flexibility index (Phi) is 4.78. The summed E-state index contributed by atoms with van der Waals surface area (Å²) >= 11 is 6.20. The number of benzene rings is 1. The van der Waals surface area contributed by atoms with E-state index in [2.05, 4.69) is 10.3 Å². The number of anilines is 1. The van der Waals surface area contributed by atoms with E-state index >= 15 is 0 Å². The predicted molar refractivity (Wildman–Crippen MR) is 92.8 cm³/mol. The first-order chi connectivity index (χ1) is 12.3. The summed E-state index contributed by atoms with van der Waals surface area (Å²) in [5.74, 6) is -0.992. The Morgan fingerprint density at radius 1 is 1.31 bits per heavy atom. The normalized spacial score (nSPS) is 11.0. The second kappa shape index (κ2) is 6.87. The first-order valence-corrected chi connectivity index (χ1v) is 8.03. The van der Waals surface area contributed by atoms with Crippen LogP contribution in [0.5, 0.6) is 0 Å². The van der Waals surface area contributed by atoms with Gasteiger partial charge in [-0.15, -0.1) is 0 Å². The topological polar surface area (TPSA) is 64.2 Å². The minimum Gasteiger partial charge on any atom is -0.367 e. The molecule has 6 nitrogen and oxygen atoms in total. The van der Waals surface area contributed by atoms with Crippen LogP contribution in [0.2, 0.25) is 5.02 Å². The highest BCUT2D eigenvalue weighted by Crippen LogP contribution is 2.24. The van der Waals surface area contributed by atoms with E-state index in [1.807, 2.05) is 6.92 Å². The molecular weight excluding hydrogens is 366 g/mol. The minimum atomic E-state index is -0.910. The molecule has 136 valence electrons. The Labute approximate surface area is 152 Å². The zero-order chi connectivity index (χ0) is 19.0. The zero-order valence-corrected chi connectivity index (χ0v) is 15.0. The molecule has 2 heterocycles. The number of aryl methyl sites for hydroxylation is 2. The fourth-order valence-electron chi connectivity index (χ4n) is 2.56. The van der Waals surface area contributed by atoms with Gasteiger partial charge in [-0.05, 0) is 26.0 Å². The van der Waals surface area contributed by atoms with Gasteiger partial charge in [0.05, 0.1) is 17.6 Å². The molecule has 26 heavy (non-hydrogen) atoms. The smallest absolute Gasteiger partial charge is 0.292 e. The van der Waals surface area contributed by atoms with Crippen LogP contribution in [0.4, 0.5) is 14.5 Å². The van der Waals surface area contributed by atoms with Crippen LogP contribution in [0.3, 0.4) is 0 Å². The van der Waals surface area contributed by atoms with E-state index in [9.17, 15) is 13.6 Å². The van der Waals surface area contributed by atoms with E-state index in [-0.39, 0.29) is 10.7 Å². The fourth-order valence-corrected chi connectivity index (χ4v) is 2.84. The molecule has 0 aliphatic heterocycles. The largest absolute Gasteiger partial charge is 0.367 e. The third-order valence-corrected chi connectivity index (χ3v) is 4.38. The Morgan fingerprint density at radius 3 is 2.65 bits per heavy atom. The SMILES string of the molecule is Cc1noc(C)c1CN(C)c1cnn(-c2ccc(F)cc2F)c(=O)c1Cl. The number of hydrogen-bond acceptors (Lipinski definition) is 5. The first-order valence-electron chi connectivity index (χ1n) is 7.65. The van der Waals surface area contributed by atoms with Crippen molar-refractivity contribution in [3.63, 3.8) is 0 Å². The van der Waals surface area contributed by atoms with Gasteiger partial charge in [0.15, 0.2) is 5.82 Å². The molecule has 0 saturated carbocycles. The molecule has 0 aliphatic rings.